The Bertz CT molecular complexity index is 658. The van der Waals surface area contributed by atoms with Crippen molar-refractivity contribution in [1.82, 2.24) is 5.16 Å². The highest BCUT2D eigenvalue weighted by Crippen LogP contribution is 2.20. The summed E-state index contributed by atoms with van der Waals surface area (Å²) in [6.45, 7) is 1.72. The maximum absolute atomic E-state index is 13.4. The summed E-state index contributed by atoms with van der Waals surface area (Å²) < 4.78 is 48.9. The van der Waals surface area contributed by atoms with E-state index in [1.807, 2.05) is 0 Å². The Morgan fingerprint density at radius 3 is 2.81 bits per heavy atom. The predicted octanol–water partition coefficient (Wildman–Crippen LogP) is 2.88. The van der Waals surface area contributed by atoms with E-state index in [1.165, 1.54) is 6.07 Å². The van der Waals surface area contributed by atoms with Gasteiger partial charge in [0.15, 0.2) is 23.1 Å². The standard InChI is InChI=1S/C13H11F3N2O3/c1-2-20-13(19)11-5-8(21-18-11)6-17-10-4-7(14)3-9(15)12(10)16/h3-5,17H,2,6H2,1H3. The fraction of sp³-hybridized carbons (Fsp3) is 0.231. The van der Waals surface area contributed by atoms with E-state index in [1.54, 1.807) is 6.92 Å². The molecular formula is C13H11F3N2O3. The Labute approximate surface area is 117 Å². The van der Waals surface area contributed by atoms with E-state index in [2.05, 4.69) is 10.5 Å². The van der Waals surface area contributed by atoms with Gasteiger partial charge in [0.1, 0.15) is 5.82 Å². The summed E-state index contributed by atoms with van der Waals surface area (Å²) in [6.07, 6.45) is 0. The summed E-state index contributed by atoms with van der Waals surface area (Å²) >= 11 is 0. The number of rotatable bonds is 5. The topological polar surface area (TPSA) is 64.4 Å². The molecule has 1 heterocycles. The molecule has 0 atom stereocenters. The van der Waals surface area contributed by atoms with Crippen molar-refractivity contribution in [3.8, 4) is 0 Å². The smallest absolute Gasteiger partial charge is 0.360 e. The van der Waals surface area contributed by atoms with Crippen LogP contribution in [0.25, 0.3) is 0 Å². The number of benzene rings is 1. The molecule has 0 aliphatic heterocycles. The van der Waals surface area contributed by atoms with E-state index in [4.69, 9.17) is 9.26 Å². The van der Waals surface area contributed by atoms with Gasteiger partial charge in [-0.3, -0.25) is 0 Å². The van der Waals surface area contributed by atoms with Gasteiger partial charge in [-0.05, 0) is 6.92 Å². The fourth-order valence-corrected chi connectivity index (χ4v) is 1.56. The first-order valence-electron chi connectivity index (χ1n) is 6.02. The first-order valence-corrected chi connectivity index (χ1v) is 6.02. The number of hydrogen-bond acceptors (Lipinski definition) is 5. The normalized spacial score (nSPS) is 10.5. The number of carbonyl (C=O) groups excluding carboxylic acids is 1. The molecule has 0 aliphatic carbocycles. The van der Waals surface area contributed by atoms with Gasteiger partial charge in [-0.2, -0.15) is 0 Å². The van der Waals surface area contributed by atoms with E-state index in [0.29, 0.717) is 6.07 Å². The van der Waals surface area contributed by atoms with Gasteiger partial charge in [-0.1, -0.05) is 5.16 Å². The van der Waals surface area contributed by atoms with Gasteiger partial charge >= 0.3 is 5.97 Å². The second kappa shape index (κ2) is 6.29. The SMILES string of the molecule is CCOC(=O)c1cc(CNc2cc(F)cc(F)c2F)on1. The third kappa shape index (κ3) is 3.53. The number of esters is 1. The summed E-state index contributed by atoms with van der Waals surface area (Å²) in [5.74, 6) is -3.90. The second-order valence-corrected chi connectivity index (χ2v) is 4.00. The third-order valence-electron chi connectivity index (χ3n) is 2.49. The van der Waals surface area contributed by atoms with Crippen LogP contribution in [0.5, 0.6) is 0 Å². The predicted molar refractivity (Wildman–Crippen MR) is 66.1 cm³/mol. The summed E-state index contributed by atoms with van der Waals surface area (Å²) in [7, 11) is 0. The van der Waals surface area contributed by atoms with Gasteiger partial charge in [0.2, 0.25) is 0 Å². The number of carbonyl (C=O) groups is 1. The van der Waals surface area contributed by atoms with E-state index in [0.717, 1.165) is 6.07 Å². The lowest BCUT2D eigenvalue weighted by molar-refractivity contribution is 0.0514. The average Bonchev–Trinajstić information content (AvgIpc) is 2.90. The largest absolute Gasteiger partial charge is 0.461 e. The van der Waals surface area contributed by atoms with Crippen LogP contribution in [-0.4, -0.2) is 17.7 Å². The molecule has 0 spiro atoms. The molecule has 2 aromatic rings. The highest BCUT2D eigenvalue weighted by atomic mass is 19.2. The Kier molecular flexibility index (Phi) is 4.46. The molecule has 21 heavy (non-hydrogen) atoms. The number of anilines is 1. The van der Waals surface area contributed by atoms with Crippen molar-refractivity contribution in [3.63, 3.8) is 0 Å². The van der Waals surface area contributed by atoms with Crippen molar-refractivity contribution < 1.29 is 27.2 Å². The maximum atomic E-state index is 13.4. The van der Waals surface area contributed by atoms with E-state index in [-0.39, 0.29) is 30.3 Å². The Balaban J connectivity index is 2.05. The summed E-state index contributed by atoms with van der Waals surface area (Å²) in [5, 5.41) is 5.93. The minimum atomic E-state index is -1.30. The molecule has 0 fully saturated rings. The minimum Gasteiger partial charge on any atom is -0.461 e. The number of nitrogens with one attached hydrogen (secondary N) is 1. The average molecular weight is 300 g/mol. The molecule has 1 aromatic carbocycles. The molecular weight excluding hydrogens is 289 g/mol. The number of halogens is 3. The number of ether oxygens (including phenoxy) is 1. The molecule has 5 nitrogen and oxygen atoms in total. The van der Waals surface area contributed by atoms with Crippen LogP contribution in [0.3, 0.4) is 0 Å². The number of hydrogen-bond donors (Lipinski definition) is 1. The highest BCUT2D eigenvalue weighted by Gasteiger charge is 2.15. The number of nitrogens with zero attached hydrogens (tertiary/aromatic N) is 1. The summed E-state index contributed by atoms with van der Waals surface area (Å²) in [4.78, 5) is 11.4. The zero-order valence-corrected chi connectivity index (χ0v) is 11.0. The van der Waals surface area contributed by atoms with Crippen LogP contribution >= 0.6 is 0 Å². The molecule has 0 radical (unpaired) electrons. The van der Waals surface area contributed by atoms with E-state index < -0.39 is 23.4 Å². The molecule has 0 amide bonds. The lowest BCUT2D eigenvalue weighted by Crippen LogP contribution is -2.05. The third-order valence-corrected chi connectivity index (χ3v) is 2.49. The van der Waals surface area contributed by atoms with Gasteiger partial charge in [0.05, 0.1) is 18.8 Å². The fourth-order valence-electron chi connectivity index (χ4n) is 1.56. The van der Waals surface area contributed by atoms with Gasteiger partial charge in [0.25, 0.3) is 0 Å². The lowest BCUT2D eigenvalue weighted by atomic mass is 10.2. The van der Waals surface area contributed by atoms with Gasteiger partial charge in [-0.25, -0.2) is 18.0 Å². The van der Waals surface area contributed by atoms with E-state index in [9.17, 15) is 18.0 Å². The zero-order valence-electron chi connectivity index (χ0n) is 11.0. The molecule has 0 bridgehead atoms. The molecule has 2 rings (SSSR count). The van der Waals surface area contributed by atoms with Gasteiger partial charge in [0, 0.05) is 18.2 Å². The Hall–Kier alpha value is -2.51. The highest BCUT2D eigenvalue weighted by molar-refractivity contribution is 5.87. The van der Waals surface area contributed by atoms with Crippen LogP contribution < -0.4 is 5.32 Å². The maximum Gasteiger partial charge on any atom is 0.360 e. The molecule has 112 valence electrons. The first kappa shape index (κ1) is 14.9. The van der Waals surface area contributed by atoms with Gasteiger partial charge < -0.3 is 14.6 Å². The minimum absolute atomic E-state index is 0.0421. The second-order valence-electron chi connectivity index (χ2n) is 4.00. The van der Waals surface area contributed by atoms with Crippen LogP contribution in [0.2, 0.25) is 0 Å². The van der Waals surface area contributed by atoms with Crippen LogP contribution in [-0.2, 0) is 11.3 Å². The van der Waals surface area contributed by atoms with Crippen molar-refractivity contribution in [1.29, 1.82) is 0 Å². The van der Waals surface area contributed by atoms with Crippen molar-refractivity contribution in [3.05, 3.63) is 47.1 Å². The van der Waals surface area contributed by atoms with Crippen LogP contribution in [0.15, 0.2) is 22.7 Å². The quantitative estimate of drug-likeness (QED) is 0.679. The monoisotopic (exact) mass is 300 g/mol. The molecule has 0 aliphatic rings. The Morgan fingerprint density at radius 2 is 2.10 bits per heavy atom. The number of aromatic nitrogens is 1. The van der Waals surface area contributed by atoms with Crippen molar-refractivity contribution in [2.24, 2.45) is 0 Å². The van der Waals surface area contributed by atoms with Crippen LogP contribution in [0, 0.1) is 17.5 Å². The van der Waals surface area contributed by atoms with Crippen molar-refractivity contribution >= 4 is 11.7 Å². The summed E-state index contributed by atoms with van der Waals surface area (Å²) in [6, 6.07) is 2.54. The molecule has 8 heteroatoms. The van der Waals surface area contributed by atoms with Crippen molar-refractivity contribution in [2.45, 2.75) is 13.5 Å². The zero-order chi connectivity index (χ0) is 15.4. The van der Waals surface area contributed by atoms with E-state index >= 15 is 0 Å². The van der Waals surface area contributed by atoms with Crippen LogP contribution in [0.4, 0.5) is 18.9 Å². The molecule has 0 saturated carbocycles. The summed E-state index contributed by atoms with van der Waals surface area (Å²) in [5.41, 5.74) is -0.402. The molecule has 1 N–H and O–H groups in total. The van der Waals surface area contributed by atoms with Crippen LogP contribution in [0.1, 0.15) is 23.2 Å². The molecule has 1 aromatic heterocycles. The van der Waals surface area contributed by atoms with Crippen molar-refractivity contribution in [2.75, 3.05) is 11.9 Å². The molecule has 0 unspecified atom stereocenters. The first-order chi connectivity index (χ1) is 10.0. The molecule has 0 saturated heterocycles. The van der Waals surface area contributed by atoms with Gasteiger partial charge in [-0.15, -0.1) is 0 Å². The Morgan fingerprint density at radius 1 is 1.33 bits per heavy atom. The lowest BCUT2D eigenvalue weighted by Gasteiger charge is -2.06.